The van der Waals surface area contributed by atoms with Gasteiger partial charge in [-0.05, 0) is 30.7 Å². The molecule has 0 saturated carbocycles. The van der Waals surface area contributed by atoms with Gasteiger partial charge in [0.25, 0.3) is 0 Å². The lowest BCUT2D eigenvalue weighted by Crippen LogP contribution is -2.01. The van der Waals surface area contributed by atoms with Crippen LogP contribution in [0.2, 0.25) is 0 Å². The average Bonchev–Trinajstić information content (AvgIpc) is 2.78. The fraction of sp³-hybridized carbons (Fsp3) is 0.167. The van der Waals surface area contributed by atoms with Crippen molar-refractivity contribution >= 4 is 17.7 Å². The monoisotopic (exact) mass is 266 g/mol. The van der Waals surface area contributed by atoms with E-state index >= 15 is 0 Å². The predicted octanol–water partition coefficient (Wildman–Crippen LogP) is 2.50. The van der Waals surface area contributed by atoms with Crippen molar-refractivity contribution in [3.8, 4) is 5.69 Å². The maximum absolute atomic E-state index is 13.2. The largest absolute Gasteiger partial charge is 0.481 e. The Hall–Kier alpha value is -1.82. The van der Waals surface area contributed by atoms with Crippen molar-refractivity contribution in [2.45, 2.75) is 12.1 Å². The summed E-state index contributed by atoms with van der Waals surface area (Å²) >= 11 is 1.13. The van der Waals surface area contributed by atoms with E-state index in [9.17, 15) is 9.18 Å². The molecular weight excluding hydrogens is 255 g/mol. The number of hydrogen-bond acceptors (Lipinski definition) is 3. The summed E-state index contributed by atoms with van der Waals surface area (Å²) < 4.78 is 14.9. The van der Waals surface area contributed by atoms with Crippen molar-refractivity contribution in [2.24, 2.45) is 0 Å². The highest BCUT2D eigenvalue weighted by atomic mass is 32.2. The lowest BCUT2D eigenvalue weighted by molar-refractivity contribution is -0.133. The number of benzene rings is 1. The van der Waals surface area contributed by atoms with Crippen LogP contribution in [0.1, 0.15) is 5.56 Å². The quantitative estimate of drug-likeness (QED) is 0.864. The first-order valence-electron chi connectivity index (χ1n) is 5.22. The Bertz CT molecular complexity index is 583. The van der Waals surface area contributed by atoms with Gasteiger partial charge in [-0.15, -0.1) is 0 Å². The zero-order valence-electron chi connectivity index (χ0n) is 9.63. The number of rotatable bonds is 4. The van der Waals surface area contributed by atoms with Gasteiger partial charge in [0.15, 0.2) is 5.16 Å². The van der Waals surface area contributed by atoms with Gasteiger partial charge in [-0.2, -0.15) is 0 Å². The Morgan fingerprint density at radius 1 is 1.56 bits per heavy atom. The predicted molar refractivity (Wildman–Crippen MR) is 66.6 cm³/mol. The molecule has 0 bridgehead atoms. The summed E-state index contributed by atoms with van der Waals surface area (Å²) in [6, 6.07) is 4.72. The second-order valence-electron chi connectivity index (χ2n) is 3.70. The molecule has 0 fully saturated rings. The van der Waals surface area contributed by atoms with E-state index in [1.54, 1.807) is 36.0 Å². The molecule has 1 heterocycles. The number of carbonyl (C=O) groups is 1. The molecule has 0 radical (unpaired) electrons. The number of halogens is 1. The molecule has 0 aliphatic carbocycles. The number of carboxylic acid groups (broad SMARTS) is 1. The second-order valence-corrected chi connectivity index (χ2v) is 4.64. The van der Waals surface area contributed by atoms with Crippen LogP contribution in [-0.2, 0) is 4.79 Å². The standard InChI is InChI=1S/C12H11FN2O2S/c1-8-6-9(2-3-10(8)13)15-5-4-14-12(15)18-7-11(16)17/h2-6H,7H2,1H3,(H,16,17). The lowest BCUT2D eigenvalue weighted by Gasteiger charge is -2.07. The fourth-order valence-electron chi connectivity index (χ4n) is 1.50. The van der Waals surface area contributed by atoms with Crippen LogP contribution >= 0.6 is 11.8 Å². The van der Waals surface area contributed by atoms with Crippen molar-refractivity contribution < 1.29 is 14.3 Å². The first kappa shape index (κ1) is 12.6. The Kier molecular flexibility index (Phi) is 3.66. The summed E-state index contributed by atoms with van der Waals surface area (Å²) in [5.74, 6) is -1.22. The highest BCUT2D eigenvalue weighted by Gasteiger charge is 2.09. The fourth-order valence-corrected chi connectivity index (χ4v) is 2.19. The number of carboxylic acids is 1. The molecule has 2 aromatic rings. The summed E-state index contributed by atoms with van der Waals surface area (Å²) in [6.07, 6.45) is 3.31. The van der Waals surface area contributed by atoms with Crippen molar-refractivity contribution in [1.29, 1.82) is 0 Å². The third kappa shape index (κ3) is 2.70. The van der Waals surface area contributed by atoms with E-state index in [0.717, 1.165) is 17.4 Å². The Morgan fingerprint density at radius 2 is 2.33 bits per heavy atom. The summed E-state index contributed by atoms with van der Waals surface area (Å²) in [5, 5.41) is 9.22. The first-order chi connectivity index (χ1) is 8.58. The molecule has 1 N–H and O–H groups in total. The molecule has 0 atom stereocenters. The molecule has 1 aromatic carbocycles. The zero-order valence-corrected chi connectivity index (χ0v) is 10.4. The maximum atomic E-state index is 13.2. The zero-order chi connectivity index (χ0) is 13.1. The van der Waals surface area contributed by atoms with E-state index in [4.69, 9.17) is 5.11 Å². The van der Waals surface area contributed by atoms with Crippen LogP contribution in [0.3, 0.4) is 0 Å². The van der Waals surface area contributed by atoms with E-state index in [0.29, 0.717) is 10.7 Å². The minimum atomic E-state index is -0.898. The molecule has 0 spiro atoms. The number of thioether (sulfide) groups is 1. The van der Waals surface area contributed by atoms with E-state index in [1.807, 2.05) is 0 Å². The van der Waals surface area contributed by atoms with Crippen LogP contribution in [0.4, 0.5) is 4.39 Å². The van der Waals surface area contributed by atoms with Crippen LogP contribution in [-0.4, -0.2) is 26.4 Å². The van der Waals surface area contributed by atoms with Crippen molar-refractivity contribution in [3.63, 3.8) is 0 Å². The van der Waals surface area contributed by atoms with Gasteiger partial charge >= 0.3 is 5.97 Å². The Morgan fingerprint density at radius 3 is 3.00 bits per heavy atom. The highest BCUT2D eigenvalue weighted by molar-refractivity contribution is 7.99. The number of aromatic nitrogens is 2. The minimum absolute atomic E-state index is 0.0583. The number of nitrogens with zero attached hydrogens (tertiary/aromatic N) is 2. The molecule has 2 rings (SSSR count). The smallest absolute Gasteiger partial charge is 0.313 e. The number of hydrogen-bond donors (Lipinski definition) is 1. The van der Waals surface area contributed by atoms with Gasteiger partial charge < -0.3 is 5.11 Å². The second kappa shape index (κ2) is 5.22. The molecule has 6 heteroatoms. The molecule has 0 saturated heterocycles. The van der Waals surface area contributed by atoms with E-state index in [1.165, 1.54) is 6.07 Å². The number of aliphatic carboxylic acids is 1. The van der Waals surface area contributed by atoms with Gasteiger partial charge in [0.2, 0.25) is 0 Å². The molecule has 0 aliphatic heterocycles. The lowest BCUT2D eigenvalue weighted by atomic mass is 10.2. The van der Waals surface area contributed by atoms with Crippen LogP contribution in [0.25, 0.3) is 5.69 Å². The number of aryl methyl sites for hydroxylation is 1. The van der Waals surface area contributed by atoms with Crippen molar-refractivity contribution in [2.75, 3.05) is 5.75 Å². The molecule has 4 nitrogen and oxygen atoms in total. The average molecular weight is 266 g/mol. The van der Waals surface area contributed by atoms with Crippen LogP contribution < -0.4 is 0 Å². The molecule has 0 aliphatic rings. The van der Waals surface area contributed by atoms with Gasteiger partial charge in [-0.25, -0.2) is 9.37 Å². The molecule has 0 unspecified atom stereocenters. The number of imidazole rings is 1. The van der Waals surface area contributed by atoms with E-state index in [2.05, 4.69) is 4.98 Å². The summed E-state index contributed by atoms with van der Waals surface area (Å²) in [4.78, 5) is 14.6. The first-order valence-corrected chi connectivity index (χ1v) is 6.21. The molecule has 0 amide bonds. The van der Waals surface area contributed by atoms with E-state index < -0.39 is 5.97 Å². The Balaban J connectivity index is 2.30. The van der Waals surface area contributed by atoms with Gasteiger partial charge in [0.05, 0.1) is 5.75 Å². The normalized spacial score (nSPS) is 10.6. The Labute approximate surface area is 107 Å². The molecule has 18 heavy (non-hydrogen) atoms. The topological polar surface area (TPSA) is 55.1 Å². The van der Waals surface area contributed by atoms with E-state index in [-0.39, 0.29) is 11.6 Å². The molecule has 94 valence electrons. The van der Waals surface area contributed by atoms with Gasteiger partial charge in [0.1, 0.15) is 5.82 Å². The minimum Gasteiger partial charge on any atom is -0.481 e. The summed E-state index contributed by atoms with van der Waals surface area (Å²) in [6.45, 7) is 1.68. The van der Waals surface area contributed by atoms with Gasteiger partial charge in [0, 0.05) is 18.1 Å². The van der Waals surface area contributed by atoms with Crippen LogP contribution in [0.15, 0.2) is 35.7 Å². The third-order valence-electron chi connectivity index (χ3n) is 2.35. The third-order valence-corrected chi connectivity index (χ3v) is 3.30. The van der Waals surface area contributed by atoms with Crippen LogP contribution in [0.5, 0.6) is 0 Å². The summed E-state index contributed by atoms with van der Waals surface area (Å²) in [5.41, 5.74) is 1.30. The molecular formula is C12H11FN2O2S. The molecule has 1 aromatic heterocycles. The maximum Gasteiger partial charge on any atom is 0.313 e. The summed E-state index contributed by atoms with van der Waals surface area (Å²) in [7, 11) is 0. The highest BCUT2D eigenvalue weighted by Crippen LogP contribution is 2.21. The SMILES string of the molecule is Cc1cc(-n2ccnc2SCC(=O)O)ccc1F. The van der Waals surface area contributed by atoms with Crippen molar-refractivity contribution in [1.82, 2.24) is 9.55 Å². The van der Waals surface area contributed by atoms with Crippen molar-refractivity contribution in [3.05, 3.63) is 42.0 Å². The van der Waals surface area contributed by atoms with Gasteiger partial charge in [-0.3, -0.25) is 9.36 Å². The van der Waals surface area contributed by atoms with Gasteiger partial charge in [-0.1, -0.05) is 11.8 Å². The van der Waals surface area contributed by atoms with Crippen LogP contribution in [0, 0.1) is 12.7 Å².